The van der Waals surface area contributed by atoms with Gasteiger partial charge in [-0.1, -0.05) is 36.4 Å². The van der Waals surface area contributed by atoms with E-state index in [1.807, 2.05) is 36.4 Å². The number of morpholine rings is 1. The number of nitrogens with zero attached hydrogens (tertiary/aromatic N) is 2. The van der Waals surface area contributed by atoms with Crippen molar-refractivity contribution < 1.29 is 23.8 Å². The second-order valence-electron chi connectivity index (χ2n) is 8.60. The van der Waals surface area contributed by atoms with Crippen molar-refractivity contribution in [1.82, 2.24) is 9.88 Å². The fraction of sp³-hybridized carbons (Fsp3) is 0.222. The smallest absolute Gasteiger partial charge is 0.223 e. The number of phenols is 1. The fourth-order valence-corrected chi connectivity index (χ4v) is 4.81. The fourth-order valence-electron chi connectivity index (χ4n) is 4.81. The molecule has 8 heteroatoms. The lowest BCUT2D eigenvalue weighted by atomic mass is 9.85. The topological polar surface area (TPSA) is 102 Å². The average Bonchev–Trinajstić information content (AvgIpc) is 2.89. The first-order valence-corrected chi connectivity index (χ1v) is 11.5. The van der Waals surface area contributed by atoms with Crippen LogP contribution < -0.4 is 10.2 Å². The first kappa shape index (κ1) is 21.4. The van der Waals surface area contributed by atoms with Gasteiger partial charge < -0.3 is 23.9 Å². The van der Waals surface area contributed by atoms with E-state index in [4.69, 9.17) is 13.9 Å². The Bertz CT molecular complexity index is 1490. The van der Waals surface area contributed by atoms with Gasteiger partial charge in [0.15, 0.2) is 5.43 Å². The molecule has 0 saturated carbocycles. The molecule has 4 aromatic rings. The first-order valence-electron chi connectivity index (χ1n) is 11.5. The number of ether oxygens (including phenoxy) is 2. The highest BCUT2D eigenvalue weighted by atomic mass is 16.5. The molecule has 1 amide bonds. The van der Waals surface area contributed by atoms with Crippen molar-refractivity contribution in [1.29, 1.82) is 0 Å². The maximum absolute atomic E-state index is 13.3. The second kappa shape index (κ2) is 8.56. The minimum Gasteiger partial charge on any atom is -0.507 e. The van der Waals surface area contributed by atoms with Crippen molar-refractivity contribution in [3.8, 4) is 28.7 Å². The zero-order valence-electron chi connectivity index (χ0n) is 18.8. The molecule has 2 aromatic heterocycles. The molecule has 8 nitrogen and oxygen atoms in total. The molecule has 0 aliphatic carbocycles. The molecule has 2 aliphatic heterocycles. The molecule has 2 aliphatic rings. The Labute approximate surface area is 200 Å². The standard InChI is InChI=1S/C27H22N2O6/c30-19-14-21(16-5-2-1-3-6-16)34-26-24-18(13-23(32)29-9-11-33-12-10-29)17-7-4-8-28-27(17)35-22(24)15-20(31)25(19)26/h1-8,14-15,18,31H,9-13H2. The Hall–Kier alpha value is -4.17. The third-order valence-corrected chi connectivity index (χ3v) is 6.51. The Balaban J connectivity index is 1.56. The molecule has 1 unspecified atom stereocenters. The van der Waals surface area contributed by atoms with Crippen LogP contribution in [0, 0.1) is 0 Å². The molecule has 1 saturated heterocycles. The Kier molecular flexibility index (Phi) is 5.22. The molecule has 1 atom stereocenters. The lowest BCUT2D eigenvalue weighted by Crippen LogP contribution is -2.41. The van der Waals surface area contributed by atoms with Gasteiger partial charge in [-0.15, -0.1) is 0 Å². The lowest BCUT2D eigenvalue weighted by molar-refractivity contribution is -0.135. The predicted octanol–water partition coefficient (Wildman–Crippen LogP) is 4.05. The van der Waals surface area contributed by atoms with Crippen molar-refractivity contribution in [3.05, 3.63) is 82.1 Å². The summed E-state index contributed by atoms with van der Waals surface area (Å²) in [4.78, 5) is 32.6. The van der Waals surface area contributed by atoms with E-state index in [1.54, 1.807) is 17.2 Å². The molecule has 4 heterocycles. The zero-order chi connectivity index (χ0) is 23.9. The molecule has 2 aromatic carbocycles. The Morgan fingerprint density at radius 1 is 1.09 bits per heavy atom. The number of hydrogen-bond donors (Lipinski definition) is 1. The first-order chi connectivity index (χ1) is 17.1. The van der Waals surface area contributed by atoms with Gasteiger partial charge in [0, 0.05) is 60.4 Å². The van der Waals surface area contributed by atoms with Crippen molar-refractivity contribution in [2.75, 3.05) is 26.3 Å². The van der Waals surface area contributed by atoms with Crippen LogP contribution in [-0.4, -0.2) is 47.2 Å². The molecule has 35 heavy (non-hydrogen) atoms. The Morgan fingerprint density at radius 3 is 2.69 bits per heavy atom. The number of phenolic OH excluding ortho intramolecular Hbond substituents is 1. The number of aromatic nitrogens is 1. The highest BCUT2D eigenvalue weighted by molar-refractivity contribution is 5.91. The van der Waals surface area contributed by atoms with Crippen LogP contribution in [0.4, 0.5) is 0 Å². The van der Waals surface area contributed by atoms with E-state index in [0.717, 1.165) is 11.1 Å². The number of carbonyl (C=O) groups is 1. The summed E-state index contributed by atoms with van der Waals surface area (Å²) in [6, 6.07) is 15.7. The van der Waals surface area contributed by atoms with E-state index in [0.29, 0.717) is 49.3 Å². The van der Waals surface area contributed by atoms with Gasteiger partial charge in [0.1, 0.15) is 28.2 Å². The van der Waals surface area contributed by atoms with Gasteiger partial charge in [-0.3, -0.25) is 9.59 Å². The van der Waals surface area contributed by atoms with Crippen LogP contribution >= 0.6 is 0 Å². The summed E-state index contributed by atoms with van der Waals surface area (Å²) >= 11 is 0. The summed E-state index contributed by atoms with van der Waals surface area (Å²) in [7, 11) is 0. The average molecular weight is 470 g/mol. The maximum atomic E-state index is 13.3. The van der Waals surface area contributed by atoms with Crippen LogP contribution in [-0.2, 0) is 9.53 Å². The van der Waals surface area contributed by atoms with E-state index >= 15 is 0 Å². The largest absolute Gasteiger partial charge is 0.507 e. The molecule has 0 bridgehead atoms. The predicted molar refractivity (Wildman–Crippen MR) is 128 cm³/mol. The summed E-state index contributed by atoms with van der Waals surface area (Å²) < 4.78 is 17.7. The van der Waals surface area contributed by atoms with Gasteiger partial charge >= 0.3 is 0 Å². The number of rotatable bonds is 3. The number of benzene rings is 2. The van der Waals surface area contributed by atoms with Crippen LogP contribution in [0.15, 0.2) is 70.0 Å². The van der Waals surface area contributed by atoms with Gasteiger partial charge in [0.2, 0.25) is 11.8 Å². The summed E-state index contributed by atoms with van der Waals surface area (Å²) in [5.74, 6) is 0.282. The third-order valence-electron chi connectivity index (χ3n) is 6.51. The number of carbonyl (C=O) groups excluding carboxylic acids is 1. The molecule has 0 radical (unpaired) electrons. The molecule has 1 N–H and O–H groups in total. The van der Waals surface area contributed by atoms with Crippen molar-refractivity contribution in [2.24, 2.45) is 0 Å². The van der Waals surface area contributed by atoms with Gasteiger partial charge in [-0.2, -0.15) is 0 Å². The number of aromatic hydroxyl groups is 1. The van der Waals surface area contributed by atoms with Gasteiger partial charge in [-0.25, -0.2) is 4.98 Å². The van der Waals surface area contributed by atoms with E-state index in [1.165, 1.54) is 12.1 Å². The maximum Gasteiger partial charge on any atom is 0.223 e. The minimum atomic E-state index is -0.477. The number of hydrogen-bond acceptors (Lipinski definition) is 7. The van der Waals surface area contributed by atoms with Crippen molar-refractivity contribution in [2.45, 2.75) is 12.3 Å². The van der Waals surface area contributed by atoms with Gasteiger partial charge in [0.25, 0.3) is 0 Å². The zero-order valence-corrected chi connectivity index (χ0v) is 18.8. The molecule has 1 fully saturated rings. The minimum absolute atomic E-state index is 0.0382. The quantitative estimate of drug-likeness (QED) is 0.482. The number of amides is 1. The van der Waals surface area contributed by atoms with E-state index in [-0.39, 0.29) is 34.5 Å². The van der Waals surface area contributed by atoms with Gasteiger partial charge in [-0.05, 0) is 6.07 Å². The molecular formula is C27H22N2O6. The summed E-state index contributed by atoms with van der Waals surface area (Å²) in [5.41, 5.74) is 1.83. The number of pyridine rings is 1. The highest BCUT2D eigenvalue weighted by Crippen LogP contribution is 2.49. The molecule has 0 spiro atoms. The van der Waals surface area contributed by atoms with E-state index < -0.39 is 5.92 Å². The van der Waals surface area contributed by atoms with E-state index in [2.05, 4.69) is 4.98 Å². The summed E-state index contributed by atoms with van der Waals surface area (Å²) in [5, 5.41) is 10.8. The van der Waals surface area contributed by atoms with Crippen LogP contribution in [0.25, 0.3) is 22.3 Å². The lowest BCUT2D eigenvalue weighted by Gasteiger charge is -2.31. The second-order valence-corrected chi connectivity index (χ2v) is 8.60. The summed E-state index contributed by atoms with van der Waals surface area (Å²) in [6.07, 6.45) is 1.74. The van der Waals surface area contributed by atoms with E-state index in [9.17, 15) is 14.7 Å². The Morgan fingerprint density at radius 2 is 1.89 bits per heavy atom. The molecule has 176 valence electrons. The van der Waals surface area contributed by atoms with Crippen LogP contribution in [0.2, 0.25) is 0 Å². The van der Waals surface area contributed by atoms with Crippen LogP contribution in [0.3, 0.4) is 0 Å². The summed E-state index contributed by atoms with van der Waals surface area (Å²) in [6.45, 7) is 2.05. The van der Waals surface area contributed by atoms with Crippen molar-refractivity contribution >= 4 is 16.9 Å². The monoisotopic (exact) mass is 470 g/mol. The van der Waals surface area contributed by atoms with Gasteiger partial charge in [0.05, 0.1) is 13.2 Å². The number of fused-ring (bicyclic) bond motifs is 4. The highest BCUT2D eigenvalue weighted by Gasteiger charge is 2.35. The normalized spacial score (nSPS) is 16.9. The molecule has 6 rings (SSSR count). The third kappa shape index (κ3) is 3.72. The van der Waals surface area contributed by atoms with Crippen LogP contribution in [0.1, 0.15) is 23.5 Å². The SMILES string of the molecule is O=C(CC1c2cccnc2Oc2cc(O)c3c(=O)cc(-c4ccccc4)oc3c21)N1CCOCC1. The molecular weight excluding hydrogens is 448 g/mol. The van der Waals surface area contributed by atoms with Crippen LogP contribution in [0.5, 0.6) is 17.4 Å². The van der Waals surface area contributed by atoms with Crippen molar-refractivity contribution in [3.63, 3.8) is 0 Å².